The SMILES string of the molecule is O=C(O)Oc1cc(N2SCC(=O)C2=CO)nc2ccccc12. The molecule has 0 bridgehead atoms. The van der Waals surface area contributed by atoms with Crippen LogP contribution in [-0.2, 0) is 4.79 Å². The lowest BCUT2D eigenvalue weighted by molar-refractivity contribution is -0.113. The van der Waals surface area contributed by atoms with Crippen molar-refractivity contribution in [2.24, 2.45) is 0 Å². The third-order valence-corrected chi connectivity index (χ3v) is 4.05. The Balaban J connectivity index is 2.15. The number of anilines is 1. The molecule has 0 amide bonds. The summed E-state index contributed by atoms with van der Waals surface area (Å²) < 4.78 is 6.25. The van der Waals surface area contributed by atoms with Crippen LogP contribution in [0, 0.1) is 0 Å². The fourth-order valence-electron chi connectivity index (χ4n) is 2.11. The molecule has 0 unspecified atom stereocenters. The molecule has 0 atom stereocenters. The summed E-state index contributed by atoms with van der Waals surface area (Å²) in [6.45, 7) is 0. The molecule has 1 saturated heterocycles. The number of carboxylic acid groups (broad SMARTS) is 1. The molecule has 2 heterocycles. The van der Waals surface area contributed by atoms with Crippen LogP contribution in [0.25, 0.3) is 10.9 Å². The van der Waals surface area contributed by atoms with E-state index in [9.17, 15) is 14.7 Å². The van der Waals surface area contributed by atoms with Crippen LogP contribution in [0.4, 0.5) is 10.6 Å². The minimum Gasteiger partial charge on any atom is -0.513 e. The molecule has 112 valence electrons. The number of nitrogens with zero attached hydrogens (tertiary/aromatic N) is 2. The second-order valence-electron chi connectivity index (χ2n) is 4.37. The average Bonchev–Trinajstić information content (AvgIpc) is 2.87. The molecule has 1 aliphatic rings. The van der Waals surface area contributed by atoms with E-state index < -0.39 is 6.16 Å². The van der Waals surface area contributed by atoms with Gasteiger partial charge in [-0.1, -0.05) is 12.1 Å². The first-order valence-corrected chi connectivity index (χ1v) is 7.15. The zero-order valence-corrected chi connectivity index (χ0v) is 11.9. The van der Waals surface area contributed by atoms with Gasteiger partial charge in [0.2, 0.25) is 0 Å². The number of ether oxygens (including phenoxy) is 1. The van der Waals surface area contributed by atoms with Crippen molar-refractivity contribution in [3.8, 4) is 5.75 Å². The van der Waals surface area contributed by atoms with Crippen molar-refractivity contribution in [1.82, 2.24) is 4.98 Å². The highest BCUT2D eigenvalue weighted by molar-refractivity contribution is 8.02. The summed E-state index contributed by atoms with van der Waals surface area (Å²) in [5.41, 5.74) is 0.613. The molecule has 1 fully saturated rings. The van der Waals surface area contributed by atoms with E-state index in [1.54, 1.807) is 24.3 Å². The molecule has 7 nitrogen and oxygen atoms in total. The Bertz CT molecular complexity index is 805. The molecular formula is C14H10N2O5S. The topological polar surface area (TPSA) is 100.0 Å². The molecule has 0 spiro atoms. The minimum absolute atomic E-state index is 0.0917. The number of ketones is 1. The quantitative estimate of drug-likeness (QED) is 0.377. The van der Waals surface area contributed by atoms with Gasteiger partial charge in [0.05, 0.1) is 11.3 Å². The molecule has 0 saturated carbocycles. The fourth-order valence-corrected chi connectivity index (χ4v) is 3.01. The number of aliphatic hydroxyl groups is 1. The molecule has 0 aliphatic carbocycles. The van der Waals surface area contributed by atoms with Gasteiger partial charge in [0.25, 0.3) is 0 Å². The number of hydrogen-bond donors (Lipinski definition) is 2. The van der Waals surface area contributed by atoms with Crippen LogP contribution in [-0.4, -0.2) is 32.9 Å². The number of pyridine rings is 1. The van der Waals surface area contributed by atoms with Crippen LogP contribution in [0.5, 0.6) is 5.75 Å². The molecule has 2 N–H and O–H groups in total. The van der Waals surface area contributed by atoms with Crippen molar-refractivity contribution >= 4 is 40.6 Å². The van der Waals surface area contributed by atoms with Crippen molar-refractivity contribution in [3.63, 3.8) is 0 Å². The third-order valence-electron chi connectivity index (χ3n) is 3.02. The molecular weight excluding hydrogens is 308 g/mol. The van der Waals surface area contributed by atoms with Gasteiger partial charge in [0.1, 0.15) is 23.5 Å². The second kappa shape index (κ2) is 5.57. The van der Waals surface area contributed by atoms with Crippen LogP contribution in [0.2, 0.25) is 0 Å². The molecule has 3 rings (SSSR count). The highest BCUT2D eigenvalue weighted by Crippen LogP contribution is 2.37. The number of fused-ring (bicyclic) bond motifs is 1. The summed E-state index contributed by atoms with van der Waals surface area (Å²) in [5.74, 6) is 0.371. The smallest absolute Gasteiger partial charge is 0.511 e. The summed E-state index contributed by atoms with van der Waals surface area (Å²) in [4.78, 5) is 26.9. The van der Waals surface area contributed by atoms with E-state index in [1.165, 1.54) is 10.4 Å². The minimum atomic E-state index is -1.44. The molecule has 0 radical (unpaired) electrons. The standard InChI is InChI=1S/C14H10N2O5S/c17-6-10-11(18)7-22-16(10)13-5-12(21-14(19)20)8-3-1-2-4-9(8)15-13/h1-6,17H,7H2,(H,19,20). The predicted octanol–water partition coefficient (Wildman–Crippen LogP) is 2.73. The maximum atomic E-state index is 11.7. The summed E-state index contributed by atoms with van der Waals surface area (Å²) in [6.07, 6.45) is -0.720. The van der Waals surface area contributed by atoms with Crippen LogP contribution in [0.1, 0.15) is 0 Å². The molecule has 1 aromatic carbocycles. The van der Waals surface area contributed by atoms with E-state index in [2.05, 4.69) is 4.98 Å². The number of carbonyl (C=O) groups is 2. The van der Waals surface area contributed by atoms with Crippen molar-refractivity contribution in [3.05, 3.63) is 42.3 Å². The molecule has 8 heteroatoms. The van der Waals surface area contributed by atoms with Gasteiger partial charge in [-0.3, -0.25) is 9.10 Å². The average molecular weight is 318 g/mol. The lowest BCUT2D eigenvalue weighted by Crippen LogP contribution is -2.14. The van der Waals surface area contributed by atoms with Gasteiger partial charge in [-0.2, -0.15) is 0 Å². The van der Waals surface area contributed by atoms with E-state index in [4.69, 9.17) is 9.84 Å². The Labute approximate surface area is 129 Å². The molecule has 2 aromatic rings. The maximum absolute atomic E-state index is 11.7. The van der Waals surface area contributed by atoms with Crippen molar-refractivity contribution < 1.29 is 24.5 Å². The van der Waals surface area contributed by atoms with E-state index in [-0.39, 0.29) is 23.0 Å². The first kappa shape index (κ1) is 14.2. The summed E-state index contributed by atoms with van der Waals surface area (Å²) >= 11 is 1.16. The molecule has 1 aromatic heterocycles. The molecule has 1 aliphatic heterocycles. The predicted molar refractivity (Wildman–Crippen MR) is 81.1 cm³/mol. The van der Waals surface area contributed by atoms with Gasteiger partial charge in [-0.25, -0.2) is 9.78 Å². The van der Waals surface area contributed by atoms with Crippen LogP contribution >= 0.6 is 11.9 Å². The Morgan fingerprint density at radius 2 is 2.18 bits per heavy atom. The number of aromatic nitrogens is 1. The van der Waals surface area contributed by atoms with E-state index in [0.29, 0.717) is 16.7 Å². The summed E-state index contributed by atoms with van der Waals surface area (Å²) in [6, 6.07) is 8.32. The van der Waals surface area contributed by atoms with Crippen molar-refractivity contribution in [2.75, 3.05) is 10.1 Å². The monoisotopic (exact) mass is 318 g/mol. The van der Waals surface area contributed by atoms with Gasteiger partial charge >= 0.3 is 6.16 Å². The van der Waals surface area contributed by atoms with Gasteiger partial charge < -0.3 is 14.9 Å². The fraction of sp³-hybridized carbons (Fsp3) is 0.0714. The number of benzene rings is 1. The van der Waals surface area contributed by atoms with Gasteiger partial charge in [-0.05, 0) is 24.1 Å². The Morgan fingerprint density at radius 3 is 2.91 bits per heavy atom. The summed E-state index contributed by atoms with van der Waals surface area (Å²) in [5, 5.41) is 18.6. The number of hydrogen-bond acceptors (Lipinski definition) is 7. The first-order chi connectivity index (χ1) is 10.6. The highest BCUT2D eigenvalue weighted by Gasteiger charge is 2.30. The van der Waals surface area contributed by atoms with Crippen LogP contribution in [0.15, 0.2) is 42.3 Å². The largest absolute Gasteiger partial charge is 0.513 e. The number of aliphatic hydroxyl groups excluding tert-OH is 1. The van der Waals surface area contributed by atoms with Gasteiger partial charge in [0.15, 0.2) is 5.78 Å². The number of Topliss-reactive ketones (excluding diaryl/α,β-unsaturated/α-hetero) is 1. The van der Waals surface area contributed by atoms with E-state index in [1.807, 2.05) is 0 Å². The maximum Gasteiger partial charge on any atom is 0.511 e. The normalized spacial score (nSPS) is 16.5. The Hall–Kier alpha value is -2.74. The zero-order chi connectivity index (χ0) is 15.7. The van der Waals surface area contributed by atoms with Crippen molar-refractivity contribution in [1.29, 1.82) is 0 Å². The van der Waals surface area contributed by atoms with Crippen molar-refractivity contribution in [2.45, 2.75) is 0 Å². The lowest BCUT2D eigenvalue weighted by Gasteiger charge is -2.17. The van der Waals surface area contributed by atoms with Crippen LogP contribution in [0.3, 0.4) is 0 Å². The van der Waals surface area contributed by atoms with E-state index >= 15 is 0 Å². The molecule has 22 heavy (non-hydrogen) atoms. The van der Waals surface area contributed by atoms with Gasteiger partial charge in [-0.15, -0.1) is 0 Å². The number of rotatable bonds is 2. The van der Waals surface area contributed by atoms with Gasteiger partial charge in [0, 0.05) is 11.5 Å². The lowest BCUT2D eigenvalue weighted by atomic mass is 10.2. The second-order valence-corrected chi connectivity index (χ2v) is 5.28. The van der Waals surface area contributed by atoms with E-state index in [0.717, 1.165) is 18.2 Å². The number of para-hydroxylation sites is 1. The zero-order valence-electron chi connectivity index (χ0n) is 11.1. The third kappa shape index (κ3) is 2.44. The number of allylic oxidation sites excluding steroid dienone is 1. The van der Waals surface area contributed by atoms with Crippen LogP contribution < -0.4 is 9.04 Å². The first-order valence-electron chi connectivity index (χ1n) is 6.21. The number of carbonyl (C=O) groups excluding carboxylic acids is 1. The Kier molecular flexibility index (Phi) is 3.60. The summed E-state index contributed by atoms with van der Waals surface area (Å²) in [7, 11) is 0. The Morgan fingerprint density at radius 1 is 1.41 bits per heavy atom. The highest BCUT2D eigenvalue weighted by atomic mass is 32.2.